The van der Waals surface area contributed by atoms with Gasteiger partial charge in [0.15, 0.2) is 0 Å². The number of aromatic amines is 1. The SMILES string of the molecule is COc1ccccc1/C=C/C=N/NC(=O)c1cc(-c2cccc(OCc3ccccc3)c2)n[nH]1. The van der Waals surface area contributed by atoms with Crippen LogP contribution in [-0.2, 0) is 6.61 Å². The molecule has 0 saturated heterocycles. The Morgan fingerprint density at radius 1 is 1.03 bits per heavy atom. The number of nitrogens with one attached hydrogen (secondary N) is 2. The highest BCUT2D eigenvalue weighted by Gasteiger charge is 2.11. The molecule has 34 heavy (non-hydrogen) atoms. The first kappa shape index (κ1) is 22.5. The Morgan fingerprint density at radius 2 is 1.85 bits per heavy atom. The number of carbonyl (C=O) groups excluding carboxylic acids is 1. The summed E-state index contributed by atoms with van der Waals surface area (Å²) in [5, 5.41) is 10.9. The average Bonchev–Trinajstić information content (AvgIpc) is 3.39. The maximum Gasteiger partial charge on any atom is 0.289 e. The molecule has 1 heterocycles. The monoisotopic (exact) mass is 452 g/mol. The lowest BCUT2D eigenvalue weighted by atomic mass is 10.1. The van der Waals surface area contributed by atoms with Gasteiger partial charge in [0.05, 0.1) is 12.8 Å². The highest BCUT2D eigenvalue weighted by Crippen LogP contribution is 2.23. The van der Waals surface area contributed by atoms with Crippen LogP contribution in [0.5, 0.6) is 11.5 Å². The van der Waals surface area contributed by atoms with Gasteiger partial charge in [-0.15, -0.1) is 0 Å². The number of benzene rings is 3. The molecule has 0 aliphatic heterocycles. The smallest absolute Gasteiger partial charge is 0.289 e. The predicted molar refractivity (Wildman–Crippen MR) is 133 cm³/mol. The summed E-state index contributed by atoms with van der Waals surface area (Å²) in [7, 11) is 1.62. The maximum absolute atomic E-state index is 12.4. The largest absolute Gasteiger partial charge is 0.496 e. The molecule has 0 spiro atoms. The first-order valence-corrected chi connectivity index (χ1v) is 10.7. The van der Waals surface area contributed by atoms with Gasteiger partial charge in [0.2, 0.25) is 0 Å². The molecule has 1 aromatic heterocycles. The Kier molecular flexibility index (Phi) is 7.48. The van der Waals surface area contributed by atoms with Gasteiger partial charge in [-0.1, -0.05) is 60.7 Å². The van der Waals surface area contributed by atoms with E-state index in [1.54, 1.807) is 19.3 Å². The highest BCUT2D eigenvalue weighted by atomic mass is 16.5. The average molecular weight is 453 g/mol. The van der Waals surface area contributed by atoms with E-state index in [0.717, 1.165) is 28.2 Å². The molecule has 0 aliphatic carbocycles. The van der Waals surface area contributed by atoms with Crippen LogP contribution in [-0.4, -0.2) is 29.4 Å². The lowest BCUT2D eigenvalue weighted by Gasteiger charge is -2.07. The van der Waals surface area contributed by atoms with E-state index in [9.17, 15) is 4.79 Å². The molecule has 2 N–H and O–H groups in total. The number of aromatic nitrogens is 2. The van der Waals surface area contributed by atoms with Crippen molar-refractivity contribution in [1.82, 2.24) is 15.6 Å². The fourth-order valence-electron chi connectivity index (χ4n) is 3.22. The molecule has 0 atom stereocenters. The van der Waals surface area contributed by atoms with Crippen LogP contribution >= 0.6 is 0 Å². The molecule has 0 radical (unpaired) electrons. The van der Waals surface area contributed by atoms with E-state index in [1.165, 1.54) is 6.21 Å². The number of H-pyrrole nitrogens is 1. The number of carbonyl (C=O) groups is 1. The maximum atomic E-state index is 12.4. The van der Waals surface area contributed by atoms with Gasteiger partial charge in [-0.05, 0) is 42.0 Å². The summed E-state index contributed by atoms with van der Waals surface area (Å²) >= 11 is 0. The van der Waals surface area contributed by atoms with Crippen molar-refractivity contribution in [2.45, 2.75) is 6.61 Å². The van der Waals surface area contributed by atoms with E-state index in [4.69, 9.17) is 9.47 Å². The zero-order chi connectivity index (χ0) is 23.6. The van der Waals surface area contributed by atoms with E-state index in [0.29, 0.717) is 18.0 Å². The minimum absolute atomic E-state index is 0.302. The van der Waals surface area contributed by atoms with E-state index >= 15 is 0 Å². The summed E-state index contributed by atoms with van der Waals surface area (Å²) in [4.78, 5) is 12.4. The summed E-state index contributed by atoms with van der Waals surface area (Å²) in [6, 6.07) is 26.8. The van der Waals surface area contributed by atoms with Crippen LogP contribution < -0.4 is 14.9 Å². The zero-order valence-corrected chi connectivity index (χ0v) is 18.6. The van der Waals surface area contributed by atoms with E-state index in [1.807, 2.05) is 84.9 Å². The van der Waals surface area contributed by atoms with Crippen LogP contribution in [0.1, 0.15) is 21.6 Å². The lowest BCUT2D eigenvalue weighted by Crippen LogP contribution is -2.17. The molecule has 0 aliphatic rings. The molecule has 4 aromatic rings. The molecule has 7 heteroatoms. The summed E-state index contributed by atoms with van der Waals surface area (Å²) in [5.41, 5.74) is 6.26. The van der Waals surface area contributed by atoms with Gasteiger partial charge in [0.1, 0.15) is 23.8 Å². The second-order valence-electron chi connectivity index (χ2n) is 7.29. The minimum Gasteiger partial charge on any atom is -0.496 e. The molecule has 0 saturated carbocycles. The van der Waals surface area contributed by atoms with Gasteiger partial charge >= 0.3 is 0 Å². The third kappa shape index (κ3) is 5.98. The summed E-state index contributed by atoms with van der Waals surface area (Å²) < 4.78 is 11.2. The molecular formula is C27H24N4O3. The van der Waals surface area contributed by atoms with Crippen molar-refractivity contribution < 1.29 is 14.3 Å². The van der Waals surface area contributed by atoms with Crippen molar-refractivity contribution in [3.05, 3.63) is 108 Å². The molecular weight excluding hydrogens is 428 g/mol. The quantitative estimate of drug-likeness (QED) is 0.273. The highest BCUT2D eigenvalue weighted by molar-refractivity contribution is 5.94. The number of ether oxygens (including phenoxy) is 2. The Balaban J connectivity index is 1.34. The second-order valence-corrected chi connectivity index (χ2v) is 7.29. The third-order valence-electron chi connectivity index (χ3n) is 4.94. The van der Waals surface area contributed by atoms with Gasteiger partial charge in [-0.25, -0.2) is 5.43 Å². The van der Waals surface area contributed by atoms with E-state index < -0.39 is 5.91 Å². The van der Waals surface area contributed by atoms with Gasteiger partial charge < -0.3 is 9.47 Å². The molecule has 170 valence electrons. The number of hydrazone groups is 1. The van der Waals surface area contributed by atoms with Crippen LogP contribution in [0.25, 0.3) is 17.3 Å². The zero-order valence-electron chi connectivity index (χ0n) is 18.6. The Morgan fingerprint density at radius 3 is 2.71 bits per heavy atom. The Labute approximate surface area is 197 Å². The van der Waals surface area contributed by atoms with Gasteiger partial charge in [0.25, 0.3) is 5.91 Å². The minimum atomic E-state index is -0.392. The fraction of sp³-hybridized carbons (Fsp3) is 0.0741. The first-order valence-electron chi connectivity index (χ1n) is 10.7. The normalized spacial score (nSPS) is 11.1. The summed E-state index contributed by atoms with van der Waals surface area (Å²) in [6.07, 6.45) is 5.06. The number of rotatable bonds is 9. The van der Waals surface area contributed by atoms with Crippen molar-refractivity contribution >= 4 is 18.2 Å². The molecule has 0 bridgehead atoms. The van der Waals surface area contributed by atoms with Crippen LogP contribution in [0, 0.1) is 0 Å². The number of methoxy groups -OCH3 is 1. The molecule has 0 fully saturated rings. The van der Waals surface area contributed by atoms with Crippen molar-refractivity contribution in [2.24, 2.45) is 5.10 Å². The number of amides is 1. The molecule has 7 nitrogen and oxygen atoms in total. The Hall–Kier alpha value is -4.65. The van der Waals surface area contributed by atoms with Crippen molar-refractivity contribution in [2.75, 3.05) is 7.11 Å². The second kappa shape index (κ2) is 11.3. The first-order chi connectivity index (χ1) is 16.7. The topological polar surface area (TPSA) is 88.6 Å². The fourth-order valence-corrected chi connectivity index (χ4v) is 3.22. The lowest BCUT2D eigenvalue weighted by molar-refractivity contribution is 0.0950. The molecule has 1 amide bonds. The van der Waals surface area contributed by atoms with Crippen LogP contribution in [0.15, 0.2) is 96.1 Å². The standard InChI is InChI=1S/C27H24N4O3/c1-33-26-15-6-5-11-21(26)13-8-16-28-31-27(32)25-18-24(29-30-25)22-12-7-14-23(17-22)34-19-20-9-3-2-4-10-20/h2-18H,19H2,1H3,(H,29,30)(H,31,32)/b13-8+,28-16+. The van der Waals surface area contributed by atoms with E-state index in [-0.39, 0.29) is 0 Å². The van der Waals surface area contributed by atoms with Gasteiger partial charge in [-0.3, -0.25) is 9.89 Å². The van der Waals surface area contributed by atoms with Gasteiger partial charge in [-0.2, -0.15) is 10.2 Å². The van der Waals surface area contributed by atoms with Gasteiger partial charge in [0, 0.05) is 17.3 Å². The number of para-hydroxylation sites is 1. The predicted octanol–water partition coefficient (Wildman–Crippen LogP) is 5.09. The number of allylic oxidation sites excluding steroid dienone is 1. The third-order valence-corrected chi connectivity index (χ3v) is 4.94. The van der Waals surface area contributed by atoms with E-state index in [2.05, 4.69) is 20.7 Å². The molecule has 3 aromatic carbocycles. The van der Waals surface area contributed by atoms with Crippen LogP contribution in [0.2, 0.25) is 0 Å². The van der Waals surface area contributed by atoms with Crippen molar-refractivity contribution in [3.63, 3.8) is 0 Å². The van der Waals surface area contributed by atoms with Crippen LogP contribution in [0.4, 0.5) is 0 Å². The summed E-state index contributed by atoms with van der Waals surface area (Å²) in [6.45, 7) is 0.474. The van der Waals surface area contributed by atoms with Crippen molar-refractivity contribution in [1.29, 1.82) is 0 Å². The molecule has 4 rings (SSSR count). The summed E-state index contributed by atoms with van der Waals surface area (Å²) in [5.74, 6) is 1.09. The van der Waals surface area contributed by atoms with Crippen LogP contribution in [0.3, 0.4) is 0 Å². The molecule has 0 unspecified atom stereocenters. The van der Waals surface area contributed by atoms with Crippen molar-refractivity contribution in [3.8, 4) is 22.8 Å². The number of hydrogen-bond acceptors (Lipinski definition) is 5. The number of nitrogens with zero attached hydrogens (tertiary/aromatic N) is 2. The Bertz CT molecular complexity index is 1300. The number of hydrogen-bond donors (Lipinski definition) is 2.